The van der Waals surface area contributed by atoms with E-state index in [2.05, 4.69) is 35.7 Å². The fourth-order valence-corrected chi connectivity index (χ4v) is 2.32. The summed E-state index contributed by atoms with van der Waals surface area (Å²) in [5.41, 5.74) is 1.09. The van der Waals surface area contributed by atoms with Crippen LogP contribution in [0.3, 0.4) is 0 Å². The van der Waals surface area contributed by atoms with E-state index in [0.29, 0.717) is 0 Å². The van der Waals surface area contributed by atoms with Crippen molar-refractivity contribution < 1.29 is 0 Å². The Labute approximate surface area is 167 Å². The van der Waals surface area contributed by atoms with Crippen LogP contribution in [0, 0.1) is 6.92 Å². The van der Waals surface area contributed by atoms with E-state index in [4.69, 9.17) is 0 Å². The van der Waals surface area contributed by atoms with Gasteiger partial charge in [0.05, 0.1) is 0 Å². The molecule has 2 N–H and O–H groups in total. The minimum absolute atomic E-state index is 0. The first-order chi connectivity index (χ1) is 10.9. The number of hydrogen-bond donors (Lipinski definition) is 2. The van der Waals surface area contributed by atoms with Crippen LogP contribution in [0.5, 0.6) is 0 Å². The van der Waals surface area contributed by atoms with Gasteiger partial charge in [-0.3, -0.25) is 9.79 Å². The van der Waals surface area contributed by atoms with E-state index in [0.717, 1.165) is 44.1 Å². The monoisotopic (exact) mass is 466 g/mol. The number of rotatable bonds is 8. The van der Waals surface area contributed by atoms with Crippen LogP contribution in [0.25, 0.3) is 0 Å². The van der Waals surface area contributed by atoms with Crippen molar-refractivity contribution in [1.82, 2.24) is 15.2 Å². The lowest BCUT2D eigenvalue weighted by Gasteiger charge is -2.23. The zero-order chi connectivity index (χ0) is 17.3. The molecule has 0 amide bonds. The molecule has 0 fully saturated rings. The Morgan fingerprint density at radius 1 is 1.29 bits per heavy atom. The lowest BCUT2D eigenvalue weighted by Crippen LogP contribution is -2.43. The van der Waals surface area contributed by atoms with E-state index in [1.165, 1.54) is 0 Å². The second kappa shape index (κ2) is 11.8. The van der Waals surface area contributed by atoms with E-state index >= 15 is 0 Å². The van der Waals surface area contributed by atoms with Crippen LogP contribution in [-0.4, -0.2) is 41.7 Å². The summed E-state index contributed by atoms with van der Waals surface area (Å²) in [5, 5.41) is 6.67. The first kappa shape index (κ1) is 23.3. The highest BCUT2D eigenvalue weighted by molar-refractivity contribution is 14.0. The van der Waals surface area contributed by atoms with Crippen molar-refractivity contribution >= 4 is 41.7 Å². The summed E-state index contributed by atoms with van der Waals surface area (Å²) in [6, 6.07) is 5.39. The Morgan fingerprint density at radius 2 is 2.00 bits per heavy atom. The summed E-state index contributed by atoms with van der Waals surface area (Å²) in [6.45, 7) is 8.86. The van der Waals surface area contributed by atoms with Crippen molar-refractivity contribution in [3.63, 3.8) is 0 Å². The minimum Gasteiger partial charge on any atom is -0.356 e. The largest absolute Gasteiger partial charge is 0.356 e. The van der Waals surface area contributed by atoms with Gasteiger partial charge in [0.25, 0.3) is 5.56 Å². The normalized spacial score (nSPS) is 11.8. The van der Waals surface area contributed by atoms with Gasteiger partial charge in [-0.15, -0.1) is 24.0 Å². The smallest absolute Gasteiger partial charge is 0.250 e. The summed E-state index contributed by atoms with van der Waals surface area (Å²) in [7, 11) is 1.79. The van der Waals surface area contributed by atoms with Gasteiger partial charge >= 0.3 is 0 Å². The Bertz CT molecular complexity index is 572. The highest BCUT2D eigenvalue weighted by Crippen LogP contribution is 2.19. The number of pyridine rings is 1. The highest BCUT2D eigenvalue weighted by Gasteiger charge is 2.15. The van der Waals surface area contributed by atoms with E-state index in [9.17, 15) is 4.79 Å². The summed E-state index contributed by atoms with van der Waals surface area (Å²) < 4.78 is 2.01. The molecule has 0 aliphatic carbocycles. The van der Waals surface area contributed by atoms with Crippen molar-refractivity contribution in [2.24, 2.45) is 4.99 Å². The molecule has 7 heteroatoms. The Balaban J connectivity index is 0.00000529. The topological polar surface area (TPSA) is 58.4 Å². The fourth-order valence-electron chi connectivity index (χ4n) is 2.10. The Hall–Kier alpha value is -0.700. The van der Waals surface area contributed by atoms with E-state index in [-0.39, 0.29) is 34.3 Å². The zero-order valence-corrected chi connectivity index (χ0v) is 18.5. The molecule has 0 spiro atoms. The van der Waals surface area contributed by atoms with E-state index in [1.54, 1.807) is 13.1 Å². The quantitative estimate of drug-likeness (QED) is 0.268. The molecule has 0 saturated carbocycles. The molecule has 0 bridgehead atoms. The minimum atomic E-state index is 0. The predicted octanol–water partition coefficient (Wildman–Crippen LogP) is 2.86. The van der Waals surface area contributed by atoms with Crippen molar-refractivity contribution in [2.75, 3.05) is 26.4 Å². The van der Waals surface area contributed by atoms with Crippen molar-refractivity contribution in [3.05, 3.63) is 34.2 Å². The molecule has 0 radical (unpaired) electrons. The molecule has 1 aromatic heterocycles. The van der Waals surface area contributed by atoms with Crippen molar-refractivity contribution in [2.45, 2.75) is 44.9 Å². The average molecular weight is 466 g/mol. The number of unbranched alkanes of at least 4 members (excludes halogenated alkanes) is 1. The standard InChI is InChI=1S/C17H30N4OS.HI/c1-14-9-8-10-15(22)21(14)12-7-6-11-19-16(18-4)20-13-17(2,3)23-5;/h8-10H,6-7,11-13H2,1-5H3,(H2,18,19,20);1H. The maximum Gasteiger partial charge on any atom is 0.250 e. The lowest BCUT2D eigenvalue weighted by atomic mass is 10.2. The van der Waals surface area contributed by atoms with E-state index < -0.39 is 0 Å². The van der Waals surface area contributed by atoms with Crippen LogP contribution in [0.4, 0.5) is 0 Å². The second-order valence-corrected chi connectivity index (χ2v) is 7.69. The molecule has 5 nitrogen and oxygen atoms in total. The number of nitrogens with one attached hydrogen (secondary N) is 2. The number of aromatic nitrogens is 1. The molecule has 0 unspecified atom stereocenters. The van der Waals surface area contributed by atoms with Gasteiger partial charge in [0.15, 0.2) is 5.96 Å². The molecule has 0 aliphatic rings. The van der Waals surface area contributed by atoms with E-state index in [1.807, 2.05) is 35.4 Å². The molecule has 0 aromatic carbocycles. The predicted molar refractivity (Wildman–Crippen MR) is 117 cm³/mol. The van der Waals surface area contributed by atoms with Gasteiger partial charge in [-0.05, 0) is 45.9 Å². The molecule has 0 saturated heterocycles. The molecular formula is C17H31IN4OS. The maximum atomic E-state index is 11.8. The van der Waals surface area contributed by atoms with Gasteiger partial charge in [0.2, 0.25) is 0 Å². The number of guanidine groups is 1. The third-order valence-electron chi connectivity index (χ3n) is 3.83. The number of aryl methyl sites for hydroxylation is 1. The second-order valence-electron chi connectivity index (χ2n) is 6.18. The molecule has 1 heterocycles. The van der Waals surface area contributed by atoms with Crippen LogP contribution < -0.4 is 16.2 Å². The molecule has 1 rings (SSSR count). The highest BCUT2D eigenvalue weighted by atomic mass is 127. The Kier molecular flexibility index (Phi) is 11.4. The summed E-state index contributed by atoms with van der Waals surface area (Å²) in [4.78, 5) is 16.0. The third-order valence-corrected chi connectivity index (χ3v) is 5.08. The van der Waals surface area contributed by atoms with Gasteiger partial charge in [0, 0.05) is 43.2 Å². The first-order valence-electron chi connectivity index (χ1n) is 8.06. The Morgan fingerprint density at radius 3 is 2.58 bits per heavy atom. The molecular weight excluding hydrogens is 435 g/mol. The van der Waals surface area contributed by atoms with Gasteiger partial charge in [0.1, 0.15) is 0 Å². The number of halogens is 1. The van der Waals surface area contributed by atoms with Crippen LogP contribution in [0.15, 0.2) is 28.0 Å². The molecule has 24 heavy (non-hydrogen) atoms. The number of nitrogens with zero attached hydrogens (tertiary/aromatic N) is 2. The van der Waals surface area contributed by atoms with Crippen LogP contribution in [0.1, 0.15) is 32.4 Å². The van der Waals surface area contributed by atoms with Crippen LogP contribution >= 0.6 is 35.7 Å². The van der Waals surface area contributed by atoms with Gasteiger partial charge in [-0.1, -0.05) is 6.07 Å². The molecule has 0 atom stereocenters. The van der Waals surface area contributed by atoms with Crippen LogP contribution in [0.2, 0.25) is 0 Å². The van der Waals surface area contributed by atoms with Crippen LogP contribution in [-0.2, 0) is 6.54 Å². The van der Waals surface area contributed by atoms with Gasteiger partial charge < -0.3 is 15.2 Å². The summed E-state index contributed by atoms with van der Waals surface area (Å²) >= 11 is 1.83. The first-order valence-corrected chi connectivity index (χ1v) is 9.28. The fraction of sp³-hybridized carbons (Fsp3) is 0.647. The summed E-state index contributed by atoms with van der Waals surface area (Å²) in [6.07, 6.45) is 4.07. The van der Waals surface area contributed by atoms with Crippen molar-refractivity contribution in [1.29, 1.82) is 0 Å². The lowest BCUT2D eigenvalue weighted by molar-refractivity contribution is 0.573. The van der Waals surface area contributed by atoms with Crippen molar-refractivity contribution in [3.8, 4) is 0 Å². The van der Waals surface area contributed by atoms with Gasteiger partial charge in [-0.2, -0.15) is 11.8 Å². The number of thioether (sulfide) groups is 1. The van der Waals surface area contributed by atoms with Gasteiger partial charge in [-0.25, -0.2) is 0 Å². The third kappa shape index (κ3) is 8.41. The number of hydrogen-bond acceptors (Lipinski definition) is 3. The number of aliphatic imine (C=N–C) groups is 1. The summed E-state index contributed by atoms with van der Waals surface area (Å²) in [5.74, 6) is 0.834. The molecule has 0 aliphatic heterocycles. The molecule has 138 valence electrons. The average Bonchev–Trinajstić information content (AvgIpc) is 2.52. The SMILES string of the molecule is CN=C(NCCCCn1c(C)cccc1=O)NCC(C)(C)SC.I. The zero-order valence-electron chi connectivity index (χ0n) is 15.4. The molecule has 1 aromatic rings. The maximum absolute atomic E-state index is 11.8.